The maximum absolute atomic E-state index is 12.7. The third kappa shape index (κ3) is 2.90. The van der Waals surface area contributed by atoms with E-state index in [1.54, 1.807) is 30.3 Å². The zero-order valence-electron chi connectivity index (χ0n) is 11.6. The molecular weight excluding hydrogens is 276 g/mol. The van der Waals surface area contributed by atoms with Crippen LogP contribution in [0.3, 0.4) is 0 Å². The molecule has 0 bridgehead atoms. The van der Waals surface area contributed by atoms with Crippen LogP contribution in [-0.2, 0) is 9.84 Å². The fourth-order valence-corrected chi connectivity index (χ4v) is 5.39. The Balaban J connectivity index is 2.28. The van der Waals surface area contributed by atoms with Crippen LogP contribution in [0, 0.1) is 11.8 Å². The van der Waals surface area contributed by atoms with Crippen LogP contribution in [0.25, 0.3) is 0 Å². The number of benzene rings is 1. The van der Waals surface area contributed by atoms with Crippen molar-refractivity contribution in [3.63, 3.8) is 0 Å². The lowest BCUT2D eigenvalue weighted by Crippen LogP contribution is -2.42. The number of hydrogen-bond donors (Lipinski definition) is 2. The van der Waals surface area contributed by atoms with E-state index in [1.165, 1.54) is 0 Å². The largest absolute Gasteiger partial charge is 0.394 e. The molecule has 0 saturated heterocycles. The summed E-state index contributed by atoms with van der Waals surface area (Å²) < 4.78 is 25.4. The molecule has 0 aliphatic heterocycles. The average molecular weight is 298 g/mol. The second kappa shape index (κ2) is 6.24. The molecule has 20 heavy (non-hydrogen) atoms. The van der Waals surface area contributed by atoms with Crippen LogP contribution in [0.4, 0.5) is 0 Å². The minimum absolute atomic E-state index is 0.155. The van der Waals surface area contributed by atoms with Crippen molar-refractivity contribution >= 4 is 9.84 Å². The Morgan fingerprint density at radius 2 is 1.90 bits per heavy atom. The molecule has 1 aromatic carbocycles. The van der Waals surface area contributed by atoms with Crippen molar-refractivity contribution in [1.29, 1.82) is 0 Å². The molecule has 2 N–H and O–H groups in total. The average Bonchev–Trinajstić information content (AvgIpc) is 2.47. The topological polar surface area (TPSA) is 74.6 Å². The number of sulfone groups is 1. The van der Waals surface area contributed by atoms with Crippen molar-refractivity contribution in [2.45, 2.75) is 42.4 Å². The molecule has 1 aliphatic rings. The molecule has 0 aromatic heterocycles. The van der Waals surface area contributed by atoms with E-state index in [9.17, 15) is 13.5 Å². The molecule has 1 aromatic rings. The van der Waals surface area contributed by atoms with Crippen LogP contribution in [-0.4, -0.2) is 36.6 Å². The molecule has 0 amide bonds. The maximum atomic E-state index is 12.7. The van der Waals surface area contributed by atoms with Crippen LogP contribution in [0.5, 0.6) is 0 Å². The summed E-state index contributed by atoms with van der Waals surface area (Å²) in [6, 6.07) is 8.48. The van der Waals surface area contributed by atoms with Gasteiger partial charge in [-0.25, -0.2) is 8.42 Å². The van der Waals surface area contributed by atoms with Gasteiger partial charge in [-0.2, -0.15) is 0 Å². The molecule has 4 nitrogen and oxygen atoms in total. The lowest BCUT2D eigenvalue weighted by Gasteiger charge is -2.37. The highest BCUT2D eigenvalue weighted by Gasteiger charge is 2.41. The van der Waals surface area contributed by atoms with Crippen molar-refractivity contribution in [1.82, 2.24) is 0 Å². The van der Waals surface area contributed by atoms with E-state index in [-0.39, 0.29) is 18.4 Å². The van der Waals surface area contributed by atoms with Gasteiger partial charge in [0.15, 0.2) is 9.84 Å². The predicted molar refractivity (Wildman–Crippen MR) is 77.0 cm³/mol. The quantitative estimate of drug-likeness (QED) is 0.886. The van der Waals surface area contributed by atoms with E-state index >= 15 is 0 Å². The summed E-state index contributed by atoms with van der Waals surface area (Å²) in [5, 5.41) is 18.5. The second-order valence-corrected chi connectivity index (χ2v) is 7.77. The molecule has 1 fully saturated rings. The van der Waals surface area contributed by atoms with Gasteiger partial charge in [0.2, 0.25) is 0 Å². The third-order valence-corrected chi connectivity index (χ3v) is 6.83. The molecule has 0 spiro atoms. The smallest absolute Gasteiger partial charge is 0.181 e. The summed E-state index contributed by atoms with van der Waals surface area (Å²) in [7, 11) is -3.38. The molecule has 1 aliphatic carbocycles. The molecule has 2 rings (SSSR count). The van der Waals surface area contributed by atoms with Crippen molar-refractivity contribution in [3.8, 4) is 0 Å². The van der Waals surface area contributed by atoms with Gasteiger partial charge in [-0.3, -0.25) is 0 Å². The van der Waals surface area contributed by atoms with Crippen LogP contribution in [0.15, 0.2) is 35.2 Å². The van der Waals surface area contributed by atoms with Gasteiger partial charge >= 0.3 is 0 Å². The Morgan fingerprint density at radius 3 is 2.50 bits per heavy atom. The maximum Gasteiger partial charge on any atom is 0.181 e. The van der Waals surface area contributed by atoms with Gasteiger partial charge in [-0.1, -0.05) is 31.5 Å². The minimum atomic E-state index is -3.38. The highest BCUT2D eigenvalue weighted by Crippen LogP contribution is 2.38. The number of aliphatic hydroxyl groups is 2. The van der Waals surface area contributed by atoms with Gasteiger partial charge in [0.1, 0.15) is 0 Å². The van der Waals surface area contributed by atoms with Crippen molar-refractivity contribution in [3.05, 3.63) is 30.3 Å². The molecule has 4 atom stereocenters. The van der Waals surface area contributed by atoms with E-state index in [0.29, 0.717) is 11.3 Å². The van der Waals surface area contributed by atoms with Crippen LogP contribution in [0.1, 0.15) is 26.2 Å². The fourth-order valence-electron chi connectivity index (χ4n) is 3.26. The Labute approximate surface area is 120 Å². The monoisotopic (exact) mass is 298 g/mol. The summed E-state index contributed by atoms with van der Waals surface area (Å²) in [6.07, 6.45) is 1.32. The zero-order valence-corrected chi connectivity index (χ0v) is 12.5. The van der Waals surface area contributed by atoms with Gasteiger partial charge in [-0.05, 0) is 36.8 Å². The van der Waals surface area contributed by atoms with E-state index < -0.39 is 21.2 Å². The first-order chi connectivity index (χ1) is 9.48. The summed E-state index contributed by atoms with van der Waals surface area (Å²) in [6.45, 7) is 1.56. The Bertz CT molecular complexity index is 526. The first kappa shape index (κ1) is 15.5. The summed E-state index contributed by atoms with van der Waals surface area (Å²) >= 11 is 0. The predicted octanol–water partition coefficient (Wildman–Crippen LogP) is 1.62. The Kier molecular flexibility index (Phi) is 4.83. The molecule has 112 valence electrons. The van der Waals surface area contributed by atoms with Crippen molar-refractivity contribution in [2.24, 2.45) is 11.8 Å². The van der Waals surface area contributed by atoms with E-state index in [4.69, 9.17) is 5.11 Å². The van der Waals surface area contributed by atoms with E-state index in [2.05, 4.69) is 0 Å². The lowest BCUT2D eigenvalue weighted by atomic mass is 9.77. The van der Waals surface area contributed by atoms with Crippen molar-refractivity contribution in [2.75, 3.05) is 6.61 Å². The van der Waals surface area contributed by atoms with Crippen LogP contribution in [0.2, 0.25) is 0 Å². The lowest BCUT2D eigenvalue weighted by molar-refractivity contribution is 0.0117. The van der Waals surface area contributed by atoms with Gasteiger partial charge in [0.25, 0.3) is 0 Å². The van der Waals surface area contributed by atoms with Crippen molar-refractivity contribution < 1.29 is 18.6 Å². The first-order valence-electron chi connectivity index (χ1n) is 7.06. The standard InChI is InChI=1S/C15H22O4S/c1-11-13(14(17)10-16)8-5-9-15(11)20(18,19)12-6-3-2-4-7-12/h2-4,6-7,11,13-17H,5,8-10H2,1H3. The van der Waals surface area contributed by atoms with Gasteiger partial charge in [0, 0.05) is 0 Å². The summed E-state index contributed by atoms with van der Waals surface area (Å²) in [4.78, 5) is 0.344. The molecule has 0 heterocycles. The first-order valence-corrected chi connectivity index (χ1v) is 8.61. The van der Waals surface area contributed by atoms with E-state index in [0.717, 1.165) is 12.8 Å². The van der Waals surface area contributed by atoms with Gasteiger partial charge < -0.3 is 10.2 Å². The van der Waals surface area contributed by atoms with Crippen LogP contribution < -0.4 is 0 Å². The SMILES string of the molecule is CC1C(C(O)CO)CCCC1S(=O)(=O)c1ccccc1. The highest BCUT2D eigenvalue weighted by molar-refractivity contribution is 7.92. The molecule has 0 radical (unpaired) electrons. The highest BCUT2D eigenvalue weighted by atomic mass is 32.2. The van der Waals surface area contributed by atoms with Crippen LogP contribution >= 0.6 is 0 Å². The third-order valence-electron chi connectivity index (χ3n) is 4.44. The normalized spacial score (nSPS) is 29.1. The number of hydrogen-bond acceptors (Lipinski definition) is 4. The molecule has 1 saturated carbocycles. The van der Waals surface area contributed by atoms with Gasteiger partial charge in [0.05, 0.1) is 22.9 Å². The minimum Gasteiger partial charge on any atom is -0.394 e. The summed E-state index contributed by atoms with van der Waals surface area (Å²) in [5.74, 6) is -0.312. The number of aliphatic hydroxyl groups excluding tert-OH is 2. The molecule has 5 heteroatoms. The van der Waals surface area contributed by atoms with Gasteiger partial charge in [-0.15, -0.1) is 0 Å². The fraction of sp³-hybridized carbons (Fsp3) is 0.600. The Morgan fingerprint density at radius 1 is 1.25 bits per heavy atom. The second-order valence-electron chi connectivity index (χ2n) is 5.60. The molecular formula is C15H22O4S. The zero-order chi connectivity index (χ0) is 14.8. The Hall–Kier alpha value is -0.910. The number of rotatable bonds is 4. The molecule has 4 unspecified atom stereocenters. The summed E-state index contributed by atoms with van der Waals surface area (Å²) in [5.41, 5.74) is 0. The van der Waals surface area contributed by atoms with E-state index in [1.807, 2.05) is 6.92 Å².